The van der Waals surface area contributed by atoms with Gasteiger partial charge >= 0.3 is 6.18 Å². The number of pyridine rings is 1. The van der Waals surface area contributed by atoms with Gasteiger partial charge in [-0.3, -0.25) is 4.79 Å². The van der Waals surface area contributed by atoms with Gasteiger partial charge in [0.15, 0.2) is 11.5 Å². The Bertz CT molecular complexity index is 1190. The van der Waals surface area contributed by atoms with Crippen molar-refractivity contribution in [3.8, 4) is 11.5 Å². The van der Waals surface area contributed by atoms with Crippen LogP contribution in [0.25, 0.3) is 11.5 Å². The van der Waals surface area contributed by atoms with E-state index in [1.165, 1.54) is 24.7 Å². The molecule has 30 heavy (non-hydrogen) atoms. The second kappa shape index (κ2) is 7.51. The van der Waals surface area contributed by atoms with Crippen molar-refractivity contribution in [1.29, 1.82) is 0 Å². The van der Waals surface area contributed by atoms with Gasteiger partial charge in [0.25, 0.3) is 5.91 Å². The number of nitrogens with zero attached hydrogens (tertiary/aromatic N) is 8. The highest BCUT2D eigenvalue weighted by Gasteiger charge is 2.40. The number of alkyl halides is 3. The molecule has 0 fully saturated rings. The molecule has 0 unspecified atom stereocenters. The molecular weight excluding hydrogens is 427 g/mol. The van der Waals surface area contributed by atoms with E-state index < -0.39 is 23.3 Å². The lowest BCUT2D eigenvalue weighted by Crippen LogP contribution is -2.21. The van der Waals surface area contributed by atoms with Gasteiger partial charge in [0, 0.05) is 0 Å². The molecule has 10 nitrogen and oxygen atoms in total. The SMILES string of the molecule is O=C(Nc1cnc(-n2nccn2)c(Cl)c1)c1cnn(-c2cncnc2)c1C(F)(F)F. The third-order valence-corrected chi connectivity index (χ3v) is 4.04. The third-order valence-electron chi connectivity index (χ3n) is 3.76. The van der Waals surface area contributed by atoms with Crippen molar-refractivity contribution >= 4 is 23.2 Å². The average Bonchev–Trinajstić information content (AvgIpc) is 3.38. The number of anilines is 1. The number of halogens is 4. The van der Waals surface area contributed by atoms with Gasteiger partial charge in [0.1, 0.15) is 12.0 Å². The Balaban J connectivity index is 1.66. The molecule has 0 aliphatic carbocycles. The number of hydrogen-bond donors (Lipinski definition) is 1. The van der Waals surface area contributed by atoms with Gasteiger partial charge in [-0.2, -0.15) is 28.5 Å². The molecule has 0 aliphatic heterocycles. The van der Waals surface area contributed by atoms with Crippen LogP contribution in [0.4, 0.5) is 18.9 Å². The largest absolute Gasteiger partial charge is 0.434 e. The predicted molar refractivity (Wildman–Crippen MR) is 96.3 cm³/mol. The number of amides is 1. The Morgan fingerprint density at radius 1 is 1.03 bits per heavy atom. The number of aromatic nitrogens is 8. The van der Waals surface area contributed by atoms with Gasteiger partial charge in [-0.1, -0.05) is 11.6 Å². The summed E-state index contributed by atoms with van der Waals surface area (Å²) in [6.07, 6.45) is 3.43. The zero-order valence-corrected chi connectivity index (χ0v) is 15.4. The molecule has 0 bridgehead atoms. The van der Waals surface area contributed by atoms with Crippen molar-refractivity contribution in [3.63, 3.8) is 0 Å². The van der Waals surface area contributed by atoms with Crippen LogP contribution in [0.2, 0.25) is 5.02 Å². The fourth-order valence-electron chi connectivity index (χ4n) is 2.55. The molecule has 4 heterocycles. The molecule has 0 saturated heterocycles. The van der Waals surface area contributed by atoms with Crippen molar-refractivity contribution in [3.05, 3.63) is 65.9 Å². The minimum atomic E-state index is -4.87. The predicted octanol–water partition coefficient (Wildman–Crippen LogP) is 2.56. The zero-order valence-electron chi connectivity index (χ0n) is 14.6. The molecule has 0 atom stereocenters. The topological polar surface area (TPSA) is 116 Å². The summed E-state index contributed by atoms with van der Waals surface area (Å²) in [5.74, 6) is -0.860. The number of hydrogen-bond acceptors (Lipinski definition) is 7. The van der Waals surface area contributed by atoms with Crippen molar-refractivity contribution in [2.75, 3.05) is 5.32 Å². The summed E-state index contributed by atoms with van der Waals surface area (Å²) in [5.41, 5.74) is -1.94. The highest BCUT2D eigenvalue weighted by molar-refractivity contribution is 6.32. The first-order chi connectivity index (χ1) is 14.3. The Morgan fingerprint density at radius 3 is 2.37 bits per heavy atom. The molecule has 1 amide bonds. The fourth-order valence-corrected chi connectivity index (χ4v) is 2.80. The van der Waals surface area contributed by atoms with Crippen LogP contribution in [0.1, 0.15) is 16.1 Å². The molecule has 4 rings (SSSR count). The molecule has 0 radical (unpaired) electrons. The zero-order chi connectivity index (χ0) is 21.3. The first-order valence-electron chi connectivity index (χ1n) is 8.09. The van der Waals surface area contributed by atoms with Gasteiger partial charge in [0.2, 0.25) is 0 Å². The van der Waals surface area contributed by atoms with Crippen LogP contribution in [-0.2, 0) is 6.18 Å². The van der Waals surface area contributed by atoms with E-state index in [9.17, 15) is 18.0 Å². The second-order valence-corrected chi connectivity index (χ2v) is 6.12. The van der Waals surface area contributed by atoms with Crippen LogP contribution < -0.4 is 5.32 Å². The molecule has 14 heteroatoms. The minimum Gasteiger partial charge on any atom is -0.320 e. The quantitative estimate of drug-likeness (QED) is 0.523. The normalized spacial score (nSPS) is 11.5. The summed E-state index contributed by atoms with van der Waals surface area (Å²) in [6, 6.07) is 1.31. The van der Waals surface area contributed by atoms with E-state index in [1.54, 1.807) is 0 Å². The van der Waals surface area contributed by atoms with E-state index in [4.69, 9.17) is 11.6 Å². The minimum absolute atomic E-state index is 0.0512. The van der Waals surface area contributed by atoms with Gasteiger partial charge in [-0.15, -0.1) is 4.80 Å². The Kier molecular flexibility index (Phi) is 4.87. The maximum Gasteiger partial charge on any atom is 0.434 e. The highest BCUT2D eigenvalue weighted by atomic mass is 35.5. The van der Waals surface area contributed by atoms with Crippen LogP contribution in [-0.4, -0.2) is 45.6 Å². The second-order valence-electron chi connectivity index (χ2n) is 5.72. The molecule has 152 valence electrons. The van der Waals surface area contributed by atoms with E-state index >= 15 is 0 Å². The monoisotopic (exact) mass is 435 g/mol. The first-order valence-corrected chi connectivity index (χ1v) is 8.46. The van der Waals surface area contributed by atoms with Gasteiger partial charge < -0.3 is 5.32 Å². The smallest absolute Gasteiger partial charge is 0.320 e. The van der Waals surface area contributed by atoms with E-state index in [-0.39, 0.29) is 22.2 Å². The number of carbonyl (C=O) groups excluding carboxylic acids is 1. The Hall–Kier alpha value is -3.87. The lowest BCUT2D eigenvalue weighted by atomic mass is 10.2. The van der Waals surface area contributed by atoms with Gasteiger partial charge in [-0.25, -0.2) is 19.6 Å². The van der Waals surface area contributed by atoms with Crippen molar-refractivity contribution in [2.24, 2.45) is 0 Å². The Labute approximate surface area is 170 Å². The molecule has 4 aromatic heterocycles. The molecule has 0 aliphatic rings. The summed E-state index contributed by atoms with van der Waals surface area (Å²) in [7, 11) is 0. The molecule has 0 saturated carbocycles. The van der Waals surface area contributed by atoms with E-state index in [0.29, 0.717) is 4.68 Å². The lowest BCUT2D eigenvalue weighted by molar-refractivity contribution is -0.143. The summed E-state index contributed by atoms with van der Waals surface area (Å²) in [4.78, 5) is 25.1. The Morgan fingerprint density at radius 2 is 1.73 bits per heavy atom. The molecule has 4 aromatic rings. The van der Waals surface area contributed by atoms with Crippen LogP contribution >= 0.6 is 11.6 Å². The summed E-state index contributed by atoms with van der Waals surface area (Å²) in [5, 5.41) is 13.8. The third kappa shape index (κ3) is 3.69. The molecule has 0 spiro atoms. The lowest BCUT2D eigenvalue weighted by Gasteiger charge is -2.12. The van der Waals surface area contributed by atoms with E-state index in [1.807, 2.05) is 0 Å². The maximum atomic E-state index is 13.7. The van der Waals surface area contributed by atoms with Crippen LogP contribution in [0, 0.1) is 0 Å². The van der Waals surface area contributed by atoms with Crippen molar-refractivity contribution < 1.29 is 18.0 Å². The van der Waals surface area contributed by atoms with Crippen molar-refractivity contribution in [1.82, 2.24) is 39.7 Å². The number of carbonyl (C=O) groups is 1. The van der Waals surface area contributed by atoms with Crippen molar-refractivity contribution in [2.45, 2.75) is 6.18 Å². The van der Waals surface area contributed by atoms with E-state index in [0.717, 1.165) is 29.7 Å². The maximum absolute atomic E-state index is 13.7. The summed E-state index contributed by atoms with van der Waals surface area (Å²) < 4.78 is 41.6. The first kappa shape index (κ1) is 19.4. The standard InChI is InChI=1S/C16H9ClF3N9O/c17-12-3-9(4-23-14(12)29-24-1-2-25-29)27-15(30)11-7-26-28(13(11)16(18,19)20)10-5-21-8-22-6-10/h1-8H,(H,27,30). The highest BCUT2D eigenvalue weighted by Crippen LogP contribution is 2.34. The fraction of sp³-hybridized carbons (Fsp3) is 0.0625. The number of rotatable bonds is 4. The van der Waals surface area contributed by atoms with Gasteiger partial charge in [0.05, 0.1) is 53.5 Å². The average molecular weight is 436 g/mol. The molecule has 0 aromatic carbocycles. The van der Waals surface area contributed by atoms with E-state index in [2.05, 4.69) is 35.6 Å². The van der Waals surface area contributed by atoms with Crippen LogP contribution in [0.15, 0.2) is 49.6 Å². The summed E-state index contributed by atoms with van der Waals surface area (Å²) in [6.45, 7) is 0. The number of nitrogens with one attached hydrogen (secondary N) is 1. The van der Waals surface area contributed by atoms with Gasteiger partial charge in [-0.05, 0) is 6.07 Å². The molecule has 1 N–H and O–H groups in total. The summed E-state index contributed by atoms with van der Waals surface area (Å²) >= 11 is 6.11. The molecular formula is C16H9ClF3N9O. The van der Waals surface area contributed by atoms with Crippen LogP contribution in [0.3, 0.4) is 0 Å². The van der Waals surface area contributed by atoms with Crippen LogP contribution in [0.5, 0.6) is 0 Å².